The van der Waals surface area contributed by atoms with Crippen LogP contribution in [0, 0.1) is 6.92 Å². The van der Waals surface area contributed by atoms with E-state index < -0.39 is 0 Å². The predicted octanol–water partition coefficient (Wildman–Crippen LogP) is 2.56. The maximum Gasteiger partial charge on any atom is 0.149 e. The van der Waals surface area contributed by atoms with Gasteiger partial charge in [0.15, 0.2) is 0 Å². The number of aryl methyl sites for hydroxylation is 2. The molecule has 112 valence electrons. The summed E-state index contributed by atoms with van der Waals surface area (Å²) in [6.07, 6.45) is 6.71. The van der Waals surface area contributed by atoms with E-state index in [1.807, 2.05) is 6.20 Å². The molecule has 0 bridgehead atoms. The average molecular weight is 285 g/mol. The van der Waals surface area contributed by atoms with E-state index in [0.29, 0.717) is 0 Å². The van der Waals surface area contributed by atoms with Gasteiger partial charge in [-0.05, 0) is 38.3 Å². The lowest BCUT2D eigenvalue weighted by Gasteiger charge is -2.15. The first-order valence-electron chi connectivity index (χ1n) is 7.81. The van der Waals surface area contributed by atoms with E-state index >= 15 is 0 Å². The van der Waals surface area contributed by atoms with E-state index in [0.717, 1.165) is 36.9 Å². The molecule has 5 heteroatoms. The van der Waals surface area contributed by atoms with Crippen molar-refractivity contribution in [3.63, 3.8) is 0 Å². The van der Waals surface area contributed by atoms with Crippen LogP contribution < -0.4 is 5.32 Å². The van der Waals surface area contributed by atoms with Gasteiger partial charge >= 0.3 is 0 Å². The van der Waals surface area contributed by atoms with Crippen molar-refractivity contribution < 1.29 is 0 Å². The maximum absolute atomic E-state index is 4.43. The van der Waals surface area contributed by atoms with Crippen molar-refractivity contribution in [1.82, 2.24) is 25.1 Å². The topological polar surface area (TPSA) is 55.6 Å². The molecule has 2 aromatic rings. The summed E-state index contributed by atoms with van der Waals surface area (Å²) in [5, 5.41) is 12.3. The van der Waals surface area contributed by atoms with Crippen LogP contribution in [0.4, 0.5) is 0 Å². The van der Waals surface area contributed by atoms with Gasteiger partial charge in [0.25, 0.3) is 0 Å². The van der Waals surface area contributed by atoms with E-state index in [9.17, 15) is 0 Å². The van der Waals surface area contributed by atoms with E-state index in [2.05, 4.69) is 51.0 Å². The number of hydrogen-bond donors (Lipinski definition) is 1. The molecule has 0 spiro atoms. The number of rotatable bonds is 4. The van der Waals surface area contributed by atoms with Gasteiger partial charge in [0.05, 0.1) is 11.7 Å². The predicted molar refractivity (Wildman–Crippen MR) is 81.8 cm³/mol. The maximum atomic E-state index is 4.43. The van der Waals surface area contributed by atoms with Crippen LogP contribution in [0.1, 0.15) is 55.1 Å². The van der Waals surface area contributed by atoms with Crippen molar-refractivity contribution in [2.75, 3.05) is 0 Å². The largest absolute Gasteiger partial charge is 0.314 e. The molecule has 0 amide bonds. The molecule has 0 fully saturated rings. The summed E-state index contributed by atoms with van der Waals surface area (Å²) < 4.78 is 2.30. The lowest BCUT2D eigenvalue weighted by molar-refractivity contribution is 0.498. The Morgan fingerprint density at radius 1 is 1.24 bits per heavy atom. The van der Waals surface area contributed by atoms with Crippen molar-refractivity contribution in [2.24, 2.45) is 0 Å². The molecular formula is C16H23N5. The van der Waals surface area contributed by atoms with Crippen LogP contribution in [0.3, 0.4) is 0 Å². The minimum absolute atomic E-state index is 0.187. The Morgan fingerprint density at radius 3 is 2.95 bits per heavy atom. The molecular weight excluding hydrogens is 262 g/mol. The second-order valence-electron chi connectivity index (χ2n) is 5.87. The average Bonchev–Trinajstić information content (AvgIpc) is 2.75. The van der Waals surface area contributed by atoms with Crippen LogP contribution in [-0.2, 0) is 19.5 Å². The highest BCUT2D eigenvalue weighted by atomic mass is 15.3. The van der Waals surface area contributed by atoms with Gasteiger partial charge in [-0.3, -0.25) is 4.98 Å². The molecule has 3 rings (SSSR count). The van der Waals surface area contributed by atoms with Gasteiger partial charge in [-0.1, -0.05) is 12.5 Å². The summed E-state index contributed by atoms with van der Waals surface area (Å²) in [4.78, 5) is 4.43. The molecule has 5 nitrogen and oxygen atoms in total. The van der Waals surface area contributed by atoms with Crippen LogP contribution >= 0.6 is 0 Å². The molecule has 0 radical (unpaired) electrons. The van der Waals surface area contributed by atoms with Crippen molar-refractivity contribution in [1.29, 1.82) is 0 Å². The third kappa shape index (κ3) is 3.29. The fraction of sp³-hybridized carbons (Fsp3) is 0.562. The first-order chi connectivity index (χ1) is 10.2. The molecule has 1 aliphatic rings. The molecule has 2 aromatic heterocycles. The Labute approximate surface area is 125 Å². The summed E-state index contributed by atoms with van der Waals surface area (Å²) in [6.45, 7) is 6.00. The van der Waals surface area contributed by atoms with Gasteiger partial charge in [0.1, 0.15) is 11.6 Å². The Hall–Kier alpha value is -1.75. The smallest absolute Gasteiger partial charge is 0.149 e. The Bertz CT molecular complexity index is 587. The highest BCUT2D eigenvalue weighted by Gasteiger charge is 2.18. The minimum atomic E-state index is 0.187. The first kappa shape index (κ1) is 14.2. The number of pyridine rings is 1. The van der Waals surface area contributed by atoms with Gasteiger partial charge in [-0.2, -0.15) is 0 Å². The van der Waals surface area contributed by atoms with Crippen molar-refractivity contribution in [3.8, 4) is 0 Å². The third-order valence-electron chi connectivity index (χ3n) is 4.09. The zero-order valence-electron chi connectivity index (χ0n) is 12.8. The SMILES string of the molecule is Cc1ccc(CNC(C)c2nnc3n2CCCCC3)nc1. The normalized spacial score (nSPS) is 16.3. The van der Waals surface area contributed by atoms with E-state index in [4.69, 9.17) is 0 Å². The van der Waals surface area contributed by atoms with Crippen LogP contribution in [0.15, 0.2) is 18.3 Å². The highest BCUT2D eigenvalue weighted by Crippen LogP contribution is 2.18. The zero-order chi connectivity index (χ0) is 14.7. The fourth-order valence-electron chi connectivity index (χ4n) is 2.78. The molecule has 0 aliphatic carbocycles. The first-order valence-corrected chi connectivity index (χ1v) is 7.81. The summed E-state index contributed by atoms with van der Waals surface area (Å²) in [5.41, 5.74) is 2.25. The second kappa shape index (κ2) is 6.35. The number of aromatic nitrogens is 4. The summed E-state index contributed by atoms with van der Waals surface area (Å²) in [6, 6.07) is 4.35. The summed E-state index contributed by atoms with van der Waals surface area (Å²) >= 11 is 0. The molecule has 1 N–H and O–H groups in total. The van der Waals surface area contributed by atoms with Gasteiger partial charge in [-0.25, -0.2) is 0 Å². The van der Waals surface area contributed by atoms with E-state index in [1.165, 1.54) is 24.8 Å². The molecule has 3 heterocycles. The van der Waals surface area contributed by atoms with E-state index in [-0.39, 0.29) is 6.04 Å². The van der Waals surface area contributed by atoms with E-state index in [1.54, 1.807) is 0 Å². The van der Waals surface area contributed by atoms with Gasteiger partial charge < -0.3 is 9.88 Å². The number of fused-ring (bicyclic) bond motifs is 1. The molecule has 1 atom stereocenters. The molecule has 1 aliphatic heterocycles. The van der Waals surface area contributed by atoms with Crippen LogP contribution in [-0.4, -0.2) is 19.7 Å². The third-order valence-corrected chi connectivity index (χ3v) is 4.09. The highest BCUT2D eigenvalue weighted by molar-refractivity contribution is 5.12. The number of nitrogens with zero attached hydrogens (tertiary/aromatic N) is 4. The zero-order valence-corrected chi connectivity index (χ0v) is 12.8. The monoisotopic (exact) mass is 285 g/mol. The molecule has 0 saturated heterocycles. The molecule has 21 heavy (non-hydrogen) atoms. The lowest BCUT2D eigenvalue weighted by atomic mass is 10.2. The van der Waals surface area contributed by atoms with Crippen molar-refractivity contribution in [2.45, 2.75) is 58.7 Å². The standard InChI is InChI=1S/C16H23N5/c1-12-7-8-14(18-10-12)11-17-13(2)16-20-19-15-6-4-3-5-9-21(15)16/h7-8,10,13,17H,3-6,9,11H2,1-2H3. The molecule has 1 unspecified atom stereocenters. The number of nitrogens with one attached hydrogen (secondary N) is 1. The molecule has 0 aromatic carbocycles. The van der Waals surface area contributed by atoms with Gasteiger partial charge in [0.2, 0.25) is 0 Å². The van der Waals surface area contributed by atoms with Crippen LogP contribution in [0.5, 0.6) is 0 Å². The van der Waals surface area contributed by atoms with Crippen LogP contribution in [0.2, 0.25) is 0 Å². The second-order valence-corrected chi connectivity index (χ2v) is 5.87. The van der Waals surface area contributed by atoms with Crippen LogP contribution in [0.25, 0.3) is 0 Å². The Balaban J connectivity index is 1.66. The fourth-order valence-corrected chi connectivity index (χ4v) is 2.78. The lowest BCUT2D eigenvalue weighted by Crippen LogP contribution is -2.22. The summed E-state index contributed by atoms with van der Waals surface area (Å²) in [7, 11) is 0. The van der Waals surface area contributed by atoms with Gasteiger partial charge in [-0.15, -0.1) is 10.2 Å². The van der Waals surface area contributed by atoms with Crippen molar-refractivity contribution >= 4 is 0 Å². The minimum Gasteiger partial charge on any atom is -0.314 e. The quantitative estimate of drug-likeness (QED) is 0.938. The number of hydrogen-bond acceptors (Lipinski definition) is 4. The molecule has 0 saturated carbocycles. The summed E-state index contributed by atoms with van der Waals surface area (Å²) in [5.74, 6) is 2.20. The Kier molecular flexibility index (Phi) is 4.29. The van der Waals surface area contributed by atoms with Gasteiger partial charge in [0, 0.05) is 25.7 Å². The van der Waals surface area contributed by atoms with Crippen molar-refractivity contribution in [3.05, 3.63) is 41.2 Å². The Morgan fingerprint density at radius 2 is 2.14 bits per heavy atom.